The number of nitrogens with zero attached hydrogens (tertiary/aromatic N) is 1. The average molecular weight is 198 g/mol. The first-order chi connectivity index (χ1) is 6.61. The van der Waals surface area contributed by atoms with E-state index in [9.17, 15) is 9.59 Å². The van der Waals surface area contributed by atoms with Crippen LogP contribution in [0.5, 0.6) is 0 Å². The minimum atomic E-state index is -0.231. The number of hydrogen-bond donors (Lipinski definition) is 1. The van der Waals surface area contributed by atoms with Gasteiger partial charge in [0.1, 0.15) is 5.78 Å². The van der Waals surface area contributed by atoms with Crippen molar-refractivity contribution in [1.29, 1.82) is 0 Å². The first-order valence-corrected chi connectivity index (χ1v) is 5.14. The zero-order valence-corrected chi connectivity index (χ0v) is 8.66. The third kappa shape index (κ3) is 3.10. The minimum absolute atomic E-state index is 0.0954. The number of Topliss-reactive ketones (excluding diaryl/α,β-unsaturated/α-hetero) is 1. The molecule has 0 aromatic rings. The molecule has 0 bridgehead atoms. The third-order valence-corrected chi connectivity index (χ3v) is 2.67. The molecule has 1 saturated heterocycles. The van der Waals surface area contributed by atoms with Crippen molar-refractivity contribution in [2.45, 2.75) is 38.6 Å². The van der Waals surface area contributed by atoms with E-state index in [1.807, 2.05) is 0 Å². The van der Waals surface area contributed by atoms with Gasteiger partial charge in [-0.05, 0) is 39.3 Å². The Bertz CT molecular complexity index is 228. The summed E-state index contributed by atoms with van der Waals surface area (Å²) >= 11 is 0. The van der Waals surface area contributed by atoms with E-state index in [2.05, 4.69) is 4.90 Å². The Morgan fingerprint density at radius 3 is 2.79 bits per heavy atom. The molecule has 1 heterocycles. The lowest BCUT2D eigenvalue weighted by atomic mass is 10.2. The molecule has 4 heteroatoms. The maximum atomic E-state index is 11.0. The molecule has 0 spiro atoms. The second-order valence-corrected chi connectivity index (χ2v) is 3.90. The molecule has 1 aliphatic heterocycles. The summed E-state index contributed by atoms with van der Waals surface area (Å²) in [5, 5.41) is 0. The molecule has 4 nitrogen and oxygen atoms in total. The lowest BCUT2D eigenvalue weighted by molar-refractivity contribution is -0.122. The number of primary amides is 1. The topological polar surface area (TPSA) is 63.4 Å². The first kappa shape index (κ1) is 11.2. The van der Waals surface area contributed by atoms with Gasteiger partial charge in [-0.3, -0.25) is 9.69 Å². The van der Waals surface area contributed by atoms with Crippen molar-refractivity contribution in [3.63, 3.8) is 0 Å². The van der Waals surface area contributed by atoms with Gasteiger partial charge in [0.25, 0.3) is 0 Å². The van der Waals surface area contributed by atoms with Crippen LogP contribution in [0.2, 0.25) is 0 Å². The molecule has 0 saturated carbocycles. The molecule has 1 aliphatic rings. The fourth-order valence-corrected chi connectivity index (χ4v) is 1.95. The van der Waals surface area contributed by atoms with Crippen molar-refractivity contribution in [2.24, 2.45) is 5.73 Å². The number of hydrogen-bond acceptors (Lipinski definition) is 3. The predicted octanol–water partition coefficient (Wildman–Crippen LogP) is 0.305. The van der Waals surface area contributed by atoms with E-state index >= 15 is 0 Å². The molecular formula is C10H18N2O2. The number of ketones is 1. The van der Waals surface area contributed by atoms with Crippen molar-refractivity contribution < 1.29 is 9.59 Å². The SMILES string of the molecule is CC(=O)CCCN1CCCC1C(N)=O. The lowest BCUT2D eigenvalue weighted by Gasteiger charge is -2.21. The van der Waals surface area contributed by atoms with E-state index in [0.29, 0.717) is 6.42 Å². The largest absolute Gasteiger partial charge is 0.368 e. The van der Waals surface area contributed by atoms with Crippen LogP contribution in [-0.4, -0.2) is 35.7 Å². The smallest absolute Gasteiger partial charge is 0.234 e. The Kier molecular flexibility index (Phi) is 4.07. The van der Waals surface area contributed by atoms with Crippen LogP contribution >= 0.6 is 0 Å². The van der Waals surface area contributed by atoms with E-state index in [1.54, 1.807) is 6.92 Å². The molecular weight excluding hydrogens is 180 g/mol. The Morgan fingerprint density at radius 1 is 1.50 bits per heavy atom. The number of carbonyl (C=O) groups excluding carboxylic acids is 2. The van der Waals surface area contributed by atoms with Crippen molar-refractivity contribution in [2.75, 3.05) is 13.1 Å². The molecule has 2 N–H and O–H groups in total. The average Bonchev–Trinajstić information content (AvgIpc) is 2.51. The summed E-state index contributed by atoms with van der Waals surface area (Å²) in [7, 11) is 0. The Labute approximate surface area is 84.4 Å². The van der Waals surface area contributed by atoms with Crippen LogP contribution in [0.3, 0.4) is 0 Å². The van der Waals surface area contributed by atoms with Crippen LogP contribution in [0.4, 0.5) is 0 Å². The van der Waals surface area contributed by atoms with Crippen LogP contribution in [0, 0.1) is 0 Å². The standard InChI is InChI=1S/C10H18N2O2/c1-8(13)4-2-6-12-7-3-5-9(12)10(11)14/h9H,2-7H2,1H3,(H2,11,14). The Hall–Kier alpha value is -0.900. The normalized spacial score (nSPS) is 22.5. The molecule has 0 aliphatic carbocycles. The van der Waals surface area contributed by atoms with Gasteiger partial charge < -0.3 is 10.5 Å². The van der Waals surface area contributed by atoms with E-state index in [1.165, 1.54) is 0 Å². The highest BCUT2D eigenvalue weighted by atomic mass is 16.1. The molecule has 14 heavy (non-hydrogen) atoms. The molecule has 1 amide bonds. The Balaban J connectivity index is 2.29. The van der Waals surface area contributed by atoms with Gasteiger partial charge in [0.05, 0.1) is 6.04 Å². The second-order valence-electron chi connectivity index (χ2n) is 3.90. The van der Waals surface area contributed by atoms with Crippen molar-refractivity contribution >= 4 is 11.7 Å². The fourth-order valence-electron chi connectivity index (χ4n) is 1.95. The molecule has 0 aromatic carbocycles. The molecule has 1 atom stereocenters. The fraction of sp³-hybridized carbons (Fsp3) is 0.800. The van der Waals surface area contributed by atoms with E-state index in [4.69, 9.17) is 5.73 Å². The molecule has 0 aromatic heterocycles. The summed E-state index contributed by atoms with van der Waals surface area (Å²) in [6.07, 6.45) is 3.34. The maximum Gasteiger partial charge on any atom is 0.234 e. The minimum Gasteiger partial charge on any atom is -0.368 e. The van der Waals surface area contributed by atoms with Gasteiger partial charge in [0.15, 0.2) is 0 Å². The zero-order valence-electron chi connectivity index (χ0n) is 8.66. The highest BCUT2D eigenvalue weighted by Gasteiger charge is 2.28. The Morgan fingerprint density at radius 2 is 2.21 bits per heavy atom. The van der Waals surface area contributed by atoms with Crippen molar-refractivity contribution in [3.05, 3.63) is 0 Å². The highest BCUT2D eigenvalue weighted by molar-refractivity contribution is 5.80. The number of likely N-dealkylation sites (tertiary alicyclic amines) is 1. The first-order valence-electron chi connectivity index (χ1n) is 5.14. The van der Waals surface area contributed by atoms with E-state index < -0.39 is 0 Å². The molecule has 80 valence electrons. The summed E-state index contributed by atoms with van der Waals surface area (Å²) in [5.74, 6) is -0.0230. The summed E-state index contributed by atoms with van der Waals surface area (Å²) in [5.41, 5.74) is 5.27. The third-order valence-electron chi connectivity index (χ3n) is 2.67. The van der Waals surface area contributed by atoms with Gasteiger partial charge >= 0.3 is 0 Å². The quantitative estimate of drug-likeness (QED) is 0.691. The van der Waals surface area contributed by atoms with Crippen LogP contribution in [0.1, 0.15) is 32.6 Å². The molecule has 0 radical (unpaired) electrons. The van der Waals surface area contributed by atoms with Gasteiger partial charge in [-0.1, -0.05) is 0 Å². The van der Waals surface area contributed by atoms with E-state index in [0.717, 1.165) is 32.4 Å². The molecule has 1 rings (SSSR count). The van der Waals surface area contributed by atoms with Gasteiger partial charge in [-0.2, -0.15) is 0 Å². The number of amides is 1. The molecule has 1 fully saturated rings. The zero-order chi connectivity index (χ0) is 10.6. The summed E-state index contributed by atoms with van der Waals surface area (Å²) in [6, 6.07) is -0.0954. The predicted molar refractivity (Wildman–Crippen MR) is 53.7 cm³/mol. The lowest BCUT2D eigenvalue weighted by Crippen LogP contribution is -2.40. The van der Waals surface area contributed by atoms with Gasteiger partial charge in [0.2, 0.25) is 5.91 Å². The number of nitrogens with two attached hydrogens (primary N) is 1. The van der Waals surface area contributed by atoms with Crippen LogP contribution in [-0.2, 0) is 9.59 Å². The number of carbonyl (C=O) groups is 2. The monoisotopic (exact) mass is 198 g/mol. The van der Waals surface area contributed by atoms with Crippen LogP contribution in [0.25, 0.3) is 0 Å². The molecule has 1 unspecified atom stereocenters. The van der Waals surface area contributed by atoms with Crippen LogP contribution < -0.4 is 5.73 Å². The second kappa shape index (κ2) is 5.10. The summed E-state index contributed by atoms with van der Waals surface area (Å²) in [4.78, 5) is 23.8. The van der Waals surface area contributed by atoms with Crippen LogP contribution in [0.15, 0.2) is 0 Å². The van der Waals surface area contributed by atoms with Gasteiger partial charge in [-0.25, -0.2) is 0 Å². The summed E-state index contributed by atoms with van der Waals surface area (Å²) < 4.78 is 0. The van der Waals surface area contributed by atoms with E-state index in [-0.39, 0.29) is 17.7 Å². The van der Waals surface area contributed by atoms with Gasteiger partial charge in [-0.15, -0.1) is 0 Å². The van der Waals surface area contributed by atoms with Crippen molar-refractivity contribution in [3.8, 4) is 0 Å². The van der Waals surface area contributed by atoms with Crippen molar-refractivity contribution in [1.82, 2.24) is 4.90 Å². The summed E-state index contributed by atoms with van der Waals surface area (Å²) in [6.45, 7) is 3.34. The highest BCUT2D eigenvalue weighted by Crippen LogP contribution is 2.17. The number of rotatable bonds is 5. The maximum absolute atomic E-state index is 11.0. The van der Waals surface area contributed by atoms with Gasteiger partial charge in [0, 0.05) is 6.42 Å².